The Labute approximate surface area is 183 Å². The first-order valence-electron chi connectivity index (χ1n) is 10.3. The number of aromatic nitrogens is 1. The maximum Gasteiger partial charge on any atom is 0.416 e. The van der Waals surface area contributed by atoms with Gasteiger partial charge in [-0.3, -0.25) is 10.1 Å². The maximum absolute atomic E-state index is 12.9. The summed E-state index contributed by atoms with van der Waals surface area (Å²) >= 11 is 0. The number of hydrogen-bond donors (Lipinski definition) is 2. The number of anilines is 2. The van der Waals surface area contributed by atoms with Crippen LogP contribution >= 0.6 is 0 Å². The molecular weight excluding hydrogens is 425 g/mol. The molecule has 1 saturated carbocycles. The Bertz CT molecular complexity index is 964. The third-order valence-electron chi connectivity index (χ3n) is 5.62. The zero-order chi connectivity index (χ0) is 22.9. The van der Waals surface area contributed by atoms with Crippen molar-refractivity contribution in [3.8, 4) is 0 Å². The molecule has 7 nitrogen and oxygen atoms in total. The smallest absolute Gasteiger partial charge is 0.383 e. The number of amides is 1. The van der Waals surface area contributed by atoms with Crippen LogP contribution in [0.4, 0.5) is 24.7 Å². The van der Waals surface area contributed by atoms with Crippen LogP contribution in [0.15, 0.2) is 36.5 Å². The van der Waals surface area contributed by atoms with E-state index >= 15 is 0 Å². The van der Waals surface area contributed by atoms with E-state index in [1.165, 1.54) is 26.4 Å². The van der Waals surface area contributed by atoms with E-state index in [0.717, 1.165) is 30.5 Å². The SMILES string of the molecule is COCC(NC(OC)N1CC(=O)Nc2cc(C3CC3)cnc21)c1ccc(C(F)(F)F)cc1. The van der Waals surface area contributed by atoms with Gasteiger partial charge in [0.25, 0.3) is 0 Å². The van der Waals surface area contributed by atoms with Crippen LogP contribution in [0.5, 0.6) is 0 Å². The van der Waals surface area contributed by atoms with E-state index in [1.54, 1.807) is 4.90 Å². The minimum atomic E-state index is -4.41. The van der Waals surface area contributed by atoms with E-state index in [4.69, 9.17) is 9.47 Å². The van der Waals surface area contributed by atoms with Crippen molar-refractivity contribution < 1.29 is 27.4 Å². The van der Waals surface area contributed by atoms with Crippen LogP contribution in [0, 0.1) is 0 Å². The van der Waals surface area contributed by atoms with Crippen LogP contribution < -0.4 is 15.5 Å². The van der Waals surface area contributed by atoms with Crippen molar-refractivity contribution in [2.24, 2.45) is 0 Å². The van der Waals surface area contributed by atoms with Crippen LogP contribution in [0.2, 0.25) is 0 Å². The molecule has 2 N–H and O–H groups in total. The molecule has 2 aliphatic rings. The predicted octanol–water partition coefficient (Wildman–Crippen LogP) is 3.64. The van der Waals surface area contributed by atoms with Gasteiger partial charge in [0, 0.05) is 20.4 Å². The van der Waals surface area contributed by atoms with Crippen LogP contribution in [-0.4, -0.2) is 44.6 Å². The molecule has 1 aliphatic carbocycles. The highest BCUT2D eigenvalue weighted by atomic mass is 19.4. The summed E-state index contributed by atoms with van der Waals surface area (Å²) in [5, 5.41) is 6.10. The summed E-state index contributed by atoms with van der Waals surface area (Å²) < 4.78 is 49.7. The fourth-order valence-corrected chi connectivity index (χ4v) is 3.82. The number of carbonyl (C=O) groups is 1. The molecule has 0 saturated heterocycles. The Hall–Kier alpha value is -2.69. The van der Waals surface area contributed by atoms with Crippen LogP contribution in [0.1, 0.15) is 41.5 Å². The number of nitrogens with one attached hydrogen (secondary N) is 2. The summed E-state index contributed by atoms with van der Waals surface area (Å²) in [4.78, 5) is 18.6. The summed E-state index contributed by atoms with van der Waals surface area (Å²) in [6.07, 6.45) is -1.12. The minimum absolute atomic E-state index is 0.0149. The Kier molecular flexibility index (Phi) is 6.36. The third kappa shape index (κ3) is 4.87. The first-order valence-corrected chi connectivity index (χ1v) is 10.3. The Morgan fingerprint density at radius 3 is 2.56 bits per heavy atom. The highest BCUT2D eigenvalue weighted by Gasteiger charge is 2.34. The minimum Gasteiger partial charge on any atom is -0.383 e. The lowest BCUT2D eigenvalue weighted by molar-refractivity contribution is -0.137. The molecule has 32 heavy (non-hydrogen) atoms. The standard InChI is InChI=1S/C22H25F3N4O3/c1-31-12-18(14-5-7-16(8-6-14)22(23,24)25)28-21(32-2)29-11-19(30)27-17-9-15(13-3-4-13)10-26-20(17)29/h5-10,13,18,21,28H,3-4,11-12H2,1-2H3,(H,27,30). The van der Waals surface area contributed by atoms with Gasteiger partial charge >= 0.3 is 6.18 Å². The molecule has 1 amide bonds. The predicted molar refractivity (Wildman–Crippen MR) is 112 cm³/mol. The van der Waals surface area contributed by atoms with Gasteiger partial charge in [0.2, 0.25) is 5.91 Å². The van der Waals surface area contributed by atoms with Gasteiger partial charge in [-0.25, -0.2) is 4.98 Å². The lowest BCUT2D eigenvalue weighted by atomic mass is 10.0. The second-order valence-corrected chi connectivity index (χ2v) is 7.97. The summed E-state index contributed by atoms with van der Waals surface area (Å²) in [6, 6.07) is 6.34. The molecule has 1 aliphatic heterocycles. The average Bonchev–Trinajstić information content (AvgIpc) is 3.61. The number of nitrogens with zero attached hydrogens (tertiary/aromatic N) is 2. The summed E-state index contributed by atoms with van der Waals surface area (Å²) in [6.45, 7) is 0.202. The number of fused-ring (bicyclic) bond motifs is 1. The number of alkyl halides is 3. The molecule has 1 aromatic carbocycles. The number of benzene rings is 1. The van der Waals surface area contributed by atoms with Crippen molar-refractivity contribution in [1.82, 2.24) is 10.3 Å². The van der Waals surface area contributed by atoms with Gasteiger partial charge in [-0.15, -0.1) is 0 Å². The van der Waals surface area contributed by atoms with E-state index in [1.807, 2.05) is 12.3 Å². The Morgan fingerprint density at radius 1 is 1.25 bits per heavy atom. The highest BCUT2D eigenvalue weighted by molar-refractivity contribution is 6.00. The van der Waals surface area contributed by atoms with Gasteiger partial charge in [0.1, 0.15) is 6.54 Å². The largest absolute Gasteiger partial charge is 0.416 e. The van der Waals surface area contributed by atoms with Gasteiger partial charge in [-0.2, -0.15) is 13.2 Å². The molecule has 0 radical (unpaired) electrons. The second kappa shape index (κ2) is 9.05. The number of rotatable bonds is 8. The zero-order valence-corrected chi connectivity index (χ0v) is 17.8. The van der Waals surface area contributed by atoms with Gasteiger partial charge in [0.15, 0.2) is 12.2 Å². The van der Waals surface area contributed by atoms with Crippen molar-refractivity contribution in [1.29, 1.82) is 0 Å². The molecular formula is C22H25F3N4O3. The number of pyridine rings is 1. The normalized spacial score (nSPS) is 18.2. The number of halogens is 3. The molecule has 1 fully saturated rings. The fourth-order valence-electron chi connectivity index (χ4n) is 3.82. The molecule has 4 rings (SSSR count). The number of methoxy groups -OCH3 is 2. The van der Waals surface area contributed by atoms with Crippen LogP contribution in [0.3, 0.4) is 0 Å². The zero-order valence-electron chi connectivity index (χ0n) is 17.8. The average molecular weight is 450 g/mol. The molecule has 2 heterocycles. The lowest BCUT2D eigenvalue weighted by Crippen LogP contribution is -2.54. The van der Waals surface area contributed by atoms with E-state index in [0.29, 0.717) is 23.0 Å². The monoisotopic (exact) mass is 450 g/mol. The topological polar surface area (TPSA) is 75.7 Å². The van der Waals surface area contributed by atoms with Gasteiger partial charge in [-0.05, 0) is 48.1 Å². The second-order valence-electron chi connectivity index (χ2n) is 7.97. The quantitative estimate of drug-likeness (QED) is 0.598. The molecule has 10 heteroatoms. The Balaban J connectivity index is 1.57. The van der Waals surface area contributed by atoms with Crippen molar-refractivity contribution in [3.05, 3.63) is 53.2 Å². The molecule has 2 aromatic rings. The van der Waals surface area contributed by atoms with E-state index in [-0.39, 0.29) is 19.1 Å². The first-order chi connectivity index (χ1) is 15.3. The van der Waals surface area contributed by atoms with E-state index in [9.17, 15) is 18.0 Å². The molecule has 0 spiro atoms. The molecule has 172 valence electrons. The van der Waals surface area contributed by atoms with E-state index < -0.39 is 24.1 Å². The number of hydrogen-bond acceptors (Lipinski definition) is 6. The van der Waals surface area contributed by atoms with Gasteiger partial charge in [0.05, 0.1) is 23.9 Å². The van der Waals surface area contributed by atoms with Crippen LogP contribution in [-0.2, 0) is 20.4 Å². The number of ether oxygens (including phenoxy) is 2. The fraction of sp³-hybridized carbons (Fsp3) is 0.455. The molecule has 2 unspecified atom stereocenters. The van der Waals surface area contributed by atoms with E-state index in [2.05, 4.69) is 15.6 Å². The highest BCUT2D eigenvalue weighted by Crippen LogP contribution is 2.42. The van der Waals surface area contributed by atoms with Crippen molar-refractivity contribution in [2.75, 3.05) is 37.6 Å². The van der Waals surface area contributed by atoms with Crippen molar-refractivity contribution >= 4 is 17.4 Å². The summed E-state index contributed by atoms with van der Waals surface area (Å²) in [5.41, 5.74) is 1.58. The molecule has 1 aromatic heterocycles. The molecule has 0 bridgehead atoms. The van der Waals surface area contributed by atoms with Crippen molar-refractivity contribution in [2.45, 2.75) is 37.3 Å². The van der Waals surface area contributed by atoms with Gasteiger partial charge < -0.3 is 19.7 Å². The first kappa shape index (κ1) is 22.5. The lowest BCUT2D eigenvalue weighted by Gasteiger charge is -2.37. The third-order valence-corrected chi connectivity index (χ3v) is 5.62. The molecule has 2 atom stereocenters. The maximum atomic E-state index is 12.9. The number of carbonyl (C=O) groups excluding carboxylic acids is 1. The van der Waals surface area contributed by atoms with Crippen LogP contribution in [0.25, 0.3) is 0 Å². The summed E-state index contributed by atoms with van der Waals surface area (Å²) in [5.74, 6) is 0.855. The summed E-state index contributed by atoms with van der Waals surface area (Å²) in [7, 11) is 2.99. The van der Waals surface area contributed by atoms with Gasteiger partial charge in [-0.1, -0.05) is 12.1 Å². The van der Waals surface area contributed by atoms with Crippen molar-refractivity contribution in [3.63, 3.8) is 0 Å². The Morgan fingerprint density at radius 2 is 1.97 bits per heavy atom.